The maximum Gasteiger partial charge on any atom is 0.0377 e. The minimum atomic E-state index is 0.314. The number of hydrogen-bond donors (Lipinski definition) is 0. The van der Waals surface area contributed by atoms with Crippen LogP contribution in [-0.2, 0) is 23.7 Å². The molecule has 0 saturated carbocycles. The third-order valence-corrected chi connectivity index (χ3v) is 6.72. The molecule has 2 aliphatic carbocycles. The van der Waals surface area contributed by atoms with Crippen LogP contribution in [0, 0.1) is 0 Å². The van der Waals surface area contributed by atoms with Gasteiger partial charge in [-0.15, -0.1) is 11.3 Å². The molecular weight excluding hydrogens is 272 g/mol. The molecule has 2 aliphatic rings. The van der Waals surface area contributed by atoms with E-state index in [1.807, 2.05) is 11.3 Å². The molecule has 110 valence electrons. The lowest BCUT2D eigenvalue weighted by Gasteiger charge is -2.42. The smallest absolute Gasteiger partial charge is 0.0377 e. The Labute approximate surface area is 132 Å². The Kier molecular flexibility index (Phi) is 2.73. The summed E-state index contributed by atoms with van der Waals surface area (Å²) in [5.41, 5.74) is 8.51. The van der Waals surface area contributed by atoms with Crippen molar-refractivity contribution >= 4 is 11.3 Å². The minimum Gasteiger partial charge on any atom is -0.144 e. The number of benzene rings is 1. The summed E-state index contributed by atoms with van der Waals surface area (Å²) < 4.78 is 0. The van der Waals surface area contributed by atoms with E-state index in [0.717, 1.165) is 0 Å². The highest BCUT2D eigenvalue weighted by molar-refractivity contribution is 7.13. The van der Waals surface area contributed by atoms with Gasteiger partial charge in [0.2, 0.25) is 0 Å². The fraction of sp³-hybridized carbons (Fsp3) is 0.500. The van der Waals surface area contributed by atoms with Crippen LogP contribution in [0.4, 0.5) is 0 Å². The molecule has 0 saturated heterocycles. The van der Waals surface area contributed by atoms with Crippen molar-refractivity contribution in [1.82, 2.24) is 0 Å². The van der Waals surface area contributed by atoms with Crippen molar-refractivity contribution in [2.75, 3.05) is 0 Å². The number of fused-ring (bicyclic) bond motifs is 4. The summed E-state index contributed by atoms with van der Waals surface area (Å²) in [5, 5.41) is 2.26. The first-order valence-corrected chi connectivity index (χ1v) is 9.01. The molecule has 2 aromatic rings. The van der Waals surface area contributed by atoms with Gasteiger partial charge in [0.05, 0.1) is 0 Å². The van der Waals surface area contributed by atoms with Gasteiger partial charge in [0.15, 0.2) is 0 Å². The van der Waals surface area contributed by atoms with Crippen molar-refractivity contribution in [1.29, 1.82) is 0 Å². The maximum atomic E-state index is 2.55. The van der Waals surface area contributed by atoms with Gasteiger partial charge in [-0.1, -0.05) is 33.8 Å². The summed E-state index contributed by atoms with van der Waals surface area (Å²) in [6.07, 6.45) is 5.02. The van der Waals surface area contributed by atoms with Gasteiger partial charge in [0.25, 0.3) is 0 Å². The second kappa shape index (κ2) is 4.23. The fourth-order valence-corrected chi connectivity index (χ4v) is 5.12. The Hall–Kier alpha value is -1.08. The molecule has 0 spiro atoms. The van der Waals surface area contributed by atoms with Crippen molar-refractivity contribution in [3.8, 4) is 10.4 Å². The zero-order chi connectivity index (χ0) is 14.8. The lowest BCUT2D eigenvalue weighted by Crippen LogP contribution is -2.34. The van der Waals surface area contributed by atoms with Gasteiger partial charge in [-0.3, -0.25) is 0 Å². The summed E-state index contributed by atoms with van der Waals surface area (Å²) in [6, 6.07) is 7.41. The zero-order valence-electron chi connectivity index (χ0n) is 13.5. The molecule has 1 aromatic heterocycles. The van der Waals surface area contributed by atoms with Crippen LogP contribution in [0.1, 0.15) is 62.8 Å². The third kappa shape index (κ3) is 1.93. The predicted molar refractivity (Wildman–Crippen MR) is 92.4 cm³/mol. The second-order valence-electron chi connectivity index (χ2n) is 8.10. The standard InChI is InChI=1S/C20H24S/c1-19(2)8-9-20(3,4)17-12-15-14(11-16(17)19)6-5-13-7-10-21-18(13)15/h7,10-12H,5-6,8-9H2,1-4H3. The molecule has 1 heterocycles. The SMILES string of the molecule is CC1(C)CCC(C)(C)c2cc3c(cc21)CCc1ccsc1-3. The first-order valence-electron chi connectivity index (χ1n) is 8.13. The minimum absolute atomic E-state index is 0.314. The van der Waals surface area contributed by atoms with Crippen molar-refractivity contribution in [2.45, 2.75) is 64.2 Å². The Morgan fingerprint density at radius 3 is 2.19 bits per heavy atom. The molecule has 0 bridgehead atoms. The molecule has 21 heavy (non-hydrogen) atoms. The van der Waals surface area contributed by atoms with E-state index in [4.69, 9.17) is 0 Å². The number of rotatable bonds is 0. The van der Waals surface area contributed by atoms with Gasteiger partial charge in [-0.2, -0.15) is 0 Å². The van der Waals surface area contributed by atoms with E-state index in [9.17, 15) is 0 Å². The van der Waals surface area contributed by atoms with Gasteiger partial charge in [-0.05, 0) is 81.8 Å². The molecule has 0 amide bonds. The van der Waals surface area contributed by atoms with Gasteiger partial charge >= 0.3 is 0 Å². The first-order chi connectivity index (χ1) is 9.88. The number of thiophene rings is 1. The van der Waals surface area contributed by atoms with Crippen LogP contribution in [0.2, 0.25) is 0 Å². The molecule has 1 heteroatoms. The summed E-state index contributed by atoms with van der Waals surface area (Å²) in [5.74, 6) is 0. The zero-order valence-corrected chi connectivity index (χ0v) is 14.4. The molecule has 0 nitrogen and oxygen atoms in total. The molecule has 1 aromatic carbocycles. The molecule has 0 atom stereocenters. The Balaban J connectivity index is 1.99. The largest absolute Gasteiger partial charge is 0.144 e. The Morgan fingerprint density at radius 1 is 0.857 bits per heavy atom. The quantitative estimate of drug-likeness (QED) is 0.571. The van der Waals surface area contributed by atoms with Crippen molar-refractivity contribution < 1.29 is 0 Å². The predicted octanol–water partition coefficient (Wildman–Crippen LogP) is 5.86. The van der Waals surface area contributed by atoms with Gasteiger partial charge in [-0.25, -0.2) is 0 Å². The monoisotopic (exact) mass is 296 g/mol. The van der Waals surface area contributed by atoms with Crippen LogP contribution in [0.3, 0.4) is 0 Å². The lowest BCUT2D eigenvalue weighted by atomic mass is 9.62. The maximum absolute atomic E-state index is 2.55. The summed E-state index contributed by atoms with van der Waals surface area (Å²) in [4.78, 5) is 1.53. The van der Waals surface area contributed by atoms with E-state index in [1.165, 1.54) is 36.1 Å². The van der Waals surface area contributed by atoms with Crippen LogP contribution >= 0.6 is 11.3 Å². The van der Waals surface area contributed by atoms with Crippen LogP contribution in [0.15, 0.2) is 23.6 Å². The summed E-state index contributed by atoms with van der Waals surface area (Å²) in [7, 11) is 0. The van der Waals surface area contributed by atoms with Crippen LogP contribution < -0.4 is 0 Å². The van der Waals surface area contributed by atoms with Crippen LogP contribution in [0.5, 0.6) is 0 Å². The lowest BCUT2D eigenvalue weighted by molar-refractivity contribution is 0.331. The topological polar surface area (TPSA) is 0 Å². The number of hydrogen-bond acceptors (Lipinski definition) is 1. The molecule has 0 radical (unpaired) electrons. The molecule has 4 rings (SSSR count). The molecule has 0 fully saturated rings. The van der Waals surface area contributed by atoms with Gasteiger partial charge in [0, 0.05) is 4.88 Å². The van der Waals surface area contributed by atoms with Gasteiger partial charge in [0.1, 0.15) is 0 Å². The van der Waals surface area contributed by atoms with Gasteiger partial charge < -0.3 is 0 Å². The van der Waals surface area contributed by atoms with Crippen molar-refractivity contribution in [3.63, 3.8) is 0 Å². The van der Waals surface area contributed by atoms with Crippen LogP contribution in [0.25, 0.3) is 10.4 Å². The molecule has 0 unspecified atom stereocenters. The Bertz CT molecular complexity index is 715. The second-order valence-corrected chi connectivity index (χ2v) is 9.01. The average Bonchev–Trinajstić information content (AvgIpc) is 2.91. The summed E-state index contributed by atoms with van der Waals surface area (Å²) >= 11 is 1.92. The average molecular weight is 296 g/mol. The summed E-state index contributed by atoms with van der Waals surface area (Å²) in [6.45, 7) is 9.69. The van der Waals surface area contributed by atoms with Crippen LogP contribution in [-0.4, -0.2) is 0 Å². The highest BCUT2D eigenvalue weighted by Gasteiger charge is 2.38. The van der Waals surface area contributed by atoms with E-state index < -0.39 is 0 Å². The van der Waals surface area contributed by atoms with E-state index in [-0.39, 0.29) is 0 Å². The molecular formula is C20H24S. The first kappa shape index (κ1) is 13.6. The van der Waals surface area contributed by atoms with E-state index in [2.05, 4.69) is 51.3 Å². The van der Waals surface area contributed by atoms with Crippen molar-refractivity contribution in [2.24, 2.45) is 0 Å². The third-order valence-electron chi connectivity index (χ3n) is 5.73. The number of aryl methyl sites for hydroxylation is 2. The highest BCUT2D eigenvalue weighted by atomic mass is 32.1. The highest BCUT2D eigenvalue weighted by Crippen LogP contribution is 2.49. The van der Waals surface area contributed by atoms with E-state index in [0.29, 0.717) is 10.8 Å². The normalized spacial score (nSPS) is 21.3. The molecule has 0 aliphatic heterocycles. The fourth-order valence-electron chi connectivity index (χ4n) is 4.12. The van der Waals surface area contributed by atoms with E-state index >= 15 is 0 Å². The molecule has 0 N–H and O–H groups in total. The van der Waals surface area contributed by atoms with E-state index in [1.54, 1.807) is 22.3 Å². The van der Waals surface area contributed by atoms with Crippen molar-refractivity contribution in [3.05, 3.63) is 45.8 Å². The Morgan fingerprint density at radius 2 is 1.48 bits per heavy atom.